The third kappa shape index (κ3) is 3.07. The second kappa shape index (κ2) is 6.54. The van der Waals surface area contributed by atoms with Crippen molar-refractivity contribution in [1.82, 2.24) is 10.2 Å². The van der Waals surface area contributed by atoms with Crippen molar-refractivity contribution in [2.75, 3.05) is 14.1 Å². The third-order valence-corrected chi connectivity index (χ3v) is 4.52. The van der Waals surface area contributed by atoms with Crippen LogP contribution < -0.4 is 11.1 Å². The zero-order valence-corrected chi connectivity index (χ0v) is 13.1. The summed E-state index contributed by atoms with van der Waals surface area (Å²) in [6.45, 7) is 0. The van der Waals surface area contributed by atoms with Crippen LogP contribution in [0.1, 0.15) is 11.5 Å². The van der Waals surface area contributed by atoms with Crippen molar-refractivity contribution >= 4 is 23.7 Å². The molecule has 1 aliphatic rings. The molecule has 7 heteroatoms. The summed E-state index contributed by atoms with van der Waals surface area (Å²) in [5.41, 5.74) is 7.07. The van der Waals surface area contributed by atoms with Crippen LogP contribution in [0.3, 0.4) is 0 Å². The van der Waals surface area contributed by atoms with Crippen LogP contribution in [0.25, 0.3) is 0 Å². The van der Waals surface area contributed by atoms with Gasteiger partial charge in [-0.1, -0.05) is 42.1 Å². The summed E-state index contributed by atoms with van der Waals surface area (Å²) >= 11 is 1.12. The minimum absolute atomic E-state index is 0.328. The van der Waals surface area contributed by atoms with Crippen molar-refractivity contribution in [3.63, 3.8) is 0 Å². The van der Waals surface area contributed by atoms with Crippen molar-refractivity contribution in [1.29, 1.82) is 5.26 Å². The predicted octanol–water partition coefficient (Wildman–Crippen LogP) is 1.38. The maximum Gasteiger partial charge on any atom is 0.323 e. The van der Waals surface area contributed by atoms with E-state index in [1.165, 1.54) is 4.90 Å². The number of nitrogens with zero attached hydrogens (tertiary/aromatic N) is 2. The van der Waals surface area contributed by atoms with Crippen molar-refractivity contribution in [3.05, 3.63) is 46.5 Å². The summed E-state index contributed by atoms with van der Waals surface area (Å²) in [6, 6.07) is 10.8. The van der Waals surface area contributed by atoms with E-state index in [4.69, 9.17) is 5.73 Å². The Morgan fingerprint density at radius 3 is 2.50 bits per heavy atom. The number of nitrogens with two attached hydrogens (primary N) is 1. The van der Waals surface area contributed by atoms with E-state index in [0.29, 0.717) is 10.6 Å². The number of urea groups is 1. The molecule has 114 valence electrons. The lowest BCUT2D eigenvalue weighted by atomic mass is 9.89. The SMILES string of the molecule is CN(C)C(=O)NC(=O)C1SC(N)=C(C#N)C1c1ccccc1. The van der Waals surface area contributed by atoms with Gasteiger partial charge in [0.2, 0.25) is 5.91 Å². The van der Waals surface area contributed by atoms with E-state index < -0.39 is 23.1 Å². The van der Waals surface area contributed by atoms with Crippen molar-refractivity contribution < 1.29 is 9.59 Å². The van der Waals surface area contributed by atoms with Gasteiger partial charge in [0.25, 0.3) is 0 Å². The Kier molecular flexibility index (Phi) is 4.73. The Morgan fingerprint density at radius 2 is 1.95 bits per heavy atom. The molecule has 2 unspecified atom stereocenters. The smallest absolute Gasteiger partial charge is 0.323 e. The van der Waals surface area contributed by atoms with Crippen LogP contribution in [-0.2, 0) is 4.79 Å². The predicted molar refractivity (Wildman–Crippen MR) is 84.6 cm³/mol. The van der Waals surface area contributed by atoms with E-state index in [1.54, 1.807) is 14.1 Å². The molecule has 22 heavy (non-hydrogen) atoms. The maximum atomic E-state index is 12.4. The van der Waals surface area contributed by atoms with E-state index in [-0.39, 0.29) is 0 Å². The minimum atomic E-state index is -0.638. The number of nitriles is 1. The van der Waals surface area contributed by atoms with E-state index in [1.807, 2.05) is 30.3 Å². The first-order valence-electron chi connectivity index (χ1n) is 6.59. The Bertz CT molecular complexity index is 664. The highest BCUT2D eigenvalue weighted by Crippen LogP contribution is 2.45. The van der Waals surface area contributed by atoms with Crippen LogP contribution in [0.4, 0.5) is 4.79 Å². The molecule has 0 radical (unpaired) electrons. The van der Waals surface area contributed by atoms with Crippen LogP contribution in [0.5, 0.6) is 0 Å². The molecule has 6 nitrogen and oxygen atoms in total. The molecule has 2 atom stereocenters. The zero-order chi connectivity index (χ0) is 16.3. The van der Waals surface area contributed by atoms with Gasteiger partial charge >= 0.3 is 6.03 Å². The van der Waals surface area contributed by atoms with Crippen LogP contribution in [-0.4, -0.2) is 36.2 Å². The Morgan fingerprint density at radius 1 is 1.32 bits per heavy atom. The van der Waals surface area contributed by atoms with Crippen molar-refractivity contribution in [2.45, 2.75) is 11.2 Å². The van der Waals surface area contributed by atoms with Gasteiger partial charge in [-0.2, -0.15) is 5.26 Å². The number of thioether (sulfide) groups is 1. The fraction of sp³-hybridized carbons (Fsp3) is 0.267. The molecular weight excluding hydrogens is 300 g/mol. The molecule has 0 fully saturated rings. The Hall–Kier alpha value is -2.46. The number of hydrogen-bond acceptors (Lipinski definition) is 5. The fourth-order valence-electron chi connectivity index (χ4n) is 2.19. The van der Waals surface area contributed by atoms with E-state index >= 15 is 0 Å². The standard InChI is InChI=1S/C15H16N4O2S/c1-19(2)15(21)18-14(20)12-11(9-6-4-3-5-7-9)10(8-16)13(17)22-12/h3-7,11-12H,17H2,1-2H3,(H,18,20,21). The molecule has 0 saturated carbocycles. The summed E-state index contributed by atoms with van der Waals surface area (Å²) in [5, 5.41) is 11.3. The molecule has 1 heterocycles. The molecule has 3 amide bonds. The summed E-state index contributed by atoms with van der Waals surface area (Å²) in [6.07, 6.45) is 0. The monoisotopic (exact) mass is 316 g/mol. The lowest BCUT2D eigenvalue weighted by Crippen LogP contribution is -2.43. The quantitative estimate of drug-likeness (QED) is 0.858. The van der Waals surface area contributed by atoms with Gasteiger partial charge in [0, 0.05) is 20.0 Å². The van der Waals surface area contributed by atoms with Gasteiger partial charge in [-0.25, -0.2) is 4.79 Å². The van der Waals surface area contributed by atoms with Gasteiger partial charge in [-0.05, 0) is 5.56 Å². The first-order chi connectivity index (χ1) is 10.5. The lowest BCUT2D eigenvalue weighted by Gasteiger charge is -2.20. The van der Waals surface area contributed by atoms with E-state index in [0.717, 1.165) is 17.3 Å². The number of carbonyl (C=O) groups is 2. The Labute approximate surface area is 133 Å². The number of amides is 3. The van der Waals surface area contributed by atoms with Gasteiger partial charge in [-0.3, -0.25) is 10.1 Å². The topological polar surface area (TPSA) is 99.2 Å². The van der Waals surface area contributed by atoms with Gasteiger partial charge in [0.1, 0.15) is 5.25 Å². The fourth-order valence-corrected chi connectivity index (χ4v) is 3.36. The number of allylic oxidation sites excluding steroid dienone is 1. The molecule has 1 aromatic carbocycles. The highest BCUT2D eigenvalue weighted by Gasteiger charge is 2.41. The van der Waals surface area contributed by atoms with Gasteiger partial charge in [0.05, 0.1) is 16.7 Å². The second-order valence-corrected chi connectivity index (χ2v) is 6.19. The molecule has 0 aliphatic carbocycles. The van der Waals surface area contributed by atoms with Gasteiger partial charge < -0.3 is 10.6 Å². The highest BCUT2D eigenvalue weighted by atomic mass is 32.2. The molecule has 1 aliphatic heterocycles. The molecular formula is C15H16N4O2S. The molecule has 0 bridgehead atoms. The average Bonchev–Trinajstić information content (AvgIpc) is 2.84. The summed E-state index contributed by atoms with van der Waals surface area (Å²) < 4.78 is 0. The molecule has 0 aromatic heterocycles. The molecule has 3 N–H and O–H groups in total. The molecule has 0 saturated heterocycles. The molecule has 1 aromatic rings. The van der Waals surface area contributed by atoms with E-state index in [2.05, 4.69) is 11.4 Å². The van der Waals surface area contributed by atoms with Crippen LogP contribution in [0.2, 0.25) is 0 Å². The largest absolute Gasteiger partial charge is 0.393 e. The zero-order valence-electron chi connectivity index (χ0n) is 12.2. The van der Waals surface area contributed by atoms with Crippen LogP contribution >= 0.6 is 11.8 Å². The minimum Gasteiger partial charge on any atom is -0.393 e. The molecule has 2 rings (SSSR count). The molecule has 0 spiro atoms. The van der Waals surface area contributed by atoms with Crippen molar-refractivity contribution in [3.8, 4) is 6.07 Å². The second-order valence-electron chi connectivity index (χ2n) is 5.01. The number of hydrogen-bond donors (Lipinski definition) is 2. The maximum absolute atomic E-state index is 12.4. The highest BCUT2D eigenvalue weighted by molar-refractivity contribution is 8.04. The number of nitrogens with one attached hydrogen (secondary N) is 1. The summed E-state index contributed by atoms with van der Waals surface area (Å²) in [5.74, 6) is -0.906. The summed E-state index contributed by atoms with van der Waals surface area (Å²) in [4.78, 5) is 25.3. The van der Waals surface area contributed by atoms with E-state index in [9.17, 15) is 14.9 Å². The first kappa shape index (κ1) is 15.9. The average molecular weight is 316 g/mol. The number of benzene rings is 1. The Balaban J connectivity index is 2.30. The van der Waals surface area contributed by atoms with Crippen molar-refractivity contribution in [2.24, 2.45) is 5.73 Å². The van der Waals surface area contributed by atoms with Gasteiger partial charge in [-0.15, -0.1) is 0 Å². The lowest BCUT2D eigenvalue weighted by molar-refractivity contribution is -0.119. The number of imide groups is 1. The normalized spacial score (nSPS) is 20.4. The third-order valence-electron chi connectivity index (χ3n) is 3.31. The van der Waals surface area contributed by atoms with Crippen LogP contribution in [0.15, 0.2) is 40.9 Å². The van der Waals surface area contributed by atoms with Crippen LogP contribution in [0, 0.1) is 11.3 Å². The van der Waals surface area contributed by atoms with Gasteiger partial charge in [0.15, 0.2) is 0 Å². The number of carbonyl (C=O) groups excluding carboxylic acids is 2. The first-order valence-corrected chi connectivity index (χ1v) is 7.47. The number of rotatable bonds is 2. The summed E-state index contributed by atoms with van der Waals surface area (Å²) in [7, 11) is 3.10.